The van der Waals surface area contributed by atoms with E-state index in [9.17, 15) is 15.0 Å². The average molecular weight is 310 g/mol. The summed E-state index contributed by atoms with van der Waals surface area (Å²) in [6, 6.07) is 10.5. The van der Waals surface area contributed by atoms with Crippen LogP contribution in [-0.4, -0.2) is 25.6 Å². The second kappa shape index (κ2) is 5.88. The molecule has 7 nitrogen and oxygen atoms in total. The fourth-order valence-electron chi connectivity index (χ4n) is 2.18. The van der Waals surface area contributed by atoms with Gasteiger partial charge in [-0.2, -0.15) is 0 Å². The van der Waals surface area contributed by atoms with Crippen molar-refractivity contribution in [2.24, 2.45) is 10.2 Å². The van der Waals surface area contributed by atoms with E-state index in [1.54, 1.807) is 12.3 Å². The maximum atomic E-state index is 11.3. The lowest BCUT2D eigenvalue weighted by molar-refractivity contribution is 0.0692. The van der Waals surface area contributed by atoms with Gasteiger partial charge in [0.25, 0.3) is 0 Å². The molecule has 2 N–H and O–H groups in total. The first-order valence-corrected chi connectivity index (χ1v) is 7.04. The normalized spacial score (nSPS) is 11.3. The van der Waals surface area contributed by atoms with Gasteiger partial charge >= 0.3 is 5.97 Å². The molecule has 0 saturated heterocycles. The zero-order valence-corrected chi connectivity index (χ0v) is 12.3. The zero-order chi connectivity index (χ0) is 16.4. The number of aryl methyl sites for hydroxylation is 1. The second-order valence-electron chi connectivity index (χ2n) is 4.90. The van der Waals surface area contributed by atoms with Crippen LogP contribution in [0.3, 0.4) is 0 Å². The fourth-order valence-corrected chi connectivity index (χ4v) is 2.18. The number of rotatable bonds is 4. The van der Waals surface area contributed by atoms with E-state index >= 15 is 0 Å². The molecule has 23 heavy (non-hydrogen) atoms. The van der Waals surface area contributed by atoms with E-state index in [2.05, 4.69) is 22.1 Å². The Morgan fingerprint density at radius 3 is 2.61 bits per heavy atom. The van der Waals surface area contributed by atoms with Crippen molar-refractivity contribution in [3.05, 3.63) is 53.9 Å². The SMILES string of the molecule is CCc1ccc(N=Nc2c(C(=O)O)nc3c(O)cccn23)cc1. The Morgan fingerprint density at radius 2 is 1.96 bits per heavy atom. The fraction of sp³-hybridized carbons (Fsp3) is 0.125. The maximum Gasteiger partial charge on any atom is 0.358 e. The van der Waals surface area contributed by atoms with E-state index in [1.807, 2.05) is 24.3 Å². The molecule has 3 rings (SSSR count). The Bertz CT molecular complexity index is 898. The van der Waals surface area contributed by atoms with Crippen molar-refractivity contribution < 1.29 is 15.0 Å². The predicted molar refractivity (Wildman–Crippen MR) is 83.8 cm³/mol. The molecule has 0 aliphatic heterocycles. The minimum Gasteiger partial charge on any atom is -0.504 e. The number of aromatic carboxylic acids is 1. The number of azo groups is 1. The van der Waals surface area contributed by atoms with Crippen LogP contribution in [0.4, 0.5) is 11.5 Å². The van der Waals surface area contributed by atoms with Crippen molar-refractivity contribution in [3.8, 4) is 5.75 Å². The highest BCUT2D eigenvalue weighted by Crippen LogP contribution is 2.28. The first kappa shape index (κ1) is 14.7. The number of carbonyl (C=O) groups is 1. The first-order chi connectivity index (χ1) is 11.1. The van der Waals surface area contributed by atoms with E-state index in [0.29, 0.717) is 5.69 Å². The van der Waals surface area contributed by atoms with E-state index in [0.717, 1.165) is 6.42 Å². The molecule has 0 bridgehead atoms. The summed E-state index contributed by atoms with van der Waals surface area (Å²) < 4.78 is 1.39. The number of carboxylic acids is 1. The van der Waals surface area contributed by atoms with Crippen molar-refractivity contribution in [1.29, 1.82) is 0 Å². The second-order valence-corrected chi connectivity index (χ2v) is 4.90. The smallest absolute Gasteiger partial charge is 0.358 e. The van der Waals surface area contributed by atoms with Gasteiger partial charge in [-0.1, -0.05) is 19.1 Å². The minimum atomic E-state index is -1.23. The number of aromatic nitrogens is 2. The molecule has 0 aliphatic rings. The van der Waals surface area contributed by atoms with Crippen LogP contribution in [0.5, 0.6) is 5.75 Å². The summed E-state index contributed by atoms with van der Waals surface area (Å²) in [6.07, 6.45) is 2.50. The number of pyridine rings is 1. The highest BCUT2D eigenvalue weighted by Gasteiger charge is 2.19. The van der Waals surface area contributed by atoms with Gasteiger partial charge in [0, 0.05) is 6.20 Å². The molecule has 0 radical (unpaired) electrons. The van der Waals surface area contributed by atoms with Crippen LogP contribution in [0, 0.1) is 0 Å². The van der Waals surface area contributed by atoms with E-state index in [-0.39, 0.29) is 22.9 Å². The third-order valence-electron chi connectivity index (χ3n) is 3.41. The van der Waals surface area contributed by atoms with Gasteiger partial charge in [-0.25, -0.2) is 9.78 Å². The van der Waals surface area contributed by atoms with Crippen LogP contribution >= 0.6 is 0 Å². The monoisotopic (exact) mass is 310 g/mol. The molecule has 0 fully saturated rings. The van der Waals surface area contributed by atoms with Gasteiger partial charge < -0.3 is 10.2 Å². The minimum absolute atomic E-state index is 0.0583. The summed E-state index contributed by atoms with van der Waals surface area (Å²) in [7, 11) is 0. The van der Waals surface area contributed by atoms with E-state index in [4.69, 9.17) is 0 Å². The van der Waals surface area contributed by atoms with Gasteiger partial charge in [-0.15, -0.1) is 10.2 Å². The summed E-state index contributed by atoms with van der Waals surface area (Å²) >= 11 is 0. The number of imidazole rings is 1. The maximum absolute atomic E-state index is 11.3. The summed E-state index contributed by atoms with van der Waals surface area (Å²) in [5.41, 5.74) is 1.64. The number of nitrogens with zero attached hydrogens (tertiary/aromatic N) is 4. The molecule has 0 saturated carbocycles. The molecule has 3 aromatic rings. The summed E-state index contributed by atoms with van der Waals surface area (Å²) in [5.74, 6) is -1.30. The van der Waals surface area contributed by atoms with Gasteiger partial charge in [-0.05, 0) is 36.2 Å². The van der Waals surface area contributed by atoms with E-state index < -0.39 is 5.97 Å². The van der Waals surface area contributed by atoms with Crippen molar-refractivity contribution >= 4 is 23.1 Å². The van der Waals surface area contributed by atoms with Crippen LogP contribution in [0.25, 0.3) is 5.65 Å². The third kappa shape index (κ3) is 2.76. The summed E-state index contributed by atoms with van der Waals surface area (Å²) in [6.45, 7) is 2.06. The highest BCUT2D eigenvalue weighted by molar-refractivity contribution is 5.92. The number of carboxylic acid groups (broad SMARTS) is 1. The lowest BCUT2D eigenvalue weighted by Gasteiger charge is -1.98. The van der Waals surface area contributed by atoms with Crippen LogP contribution in [0.15, 0.2) is 52.8 Å². The number of fused-ring (bicyclic) bond motifs is 1. The quantitative estimate of drug-likeness (QED) is 0.717. The highest BCUT2D eigenvalue weighted by atomic mass is 16.4. The zero-order valence-electron chi connectivity index (χ0n) is 12.3. The van der Waals surface area contributed by atoms with Crippen LogP contribution < -0.4 is 0 Å². The molecule has 0 aliphatic carbocycles. The van der Waals surface area contributed by atoms with Crippen molar-refractivity contribution in [3.63, 3.8) is 0 Å². The number of hydrogen-bond acceptors (Lipinski definition) is 5. The van der Waals surface area contributed by atoms with Crippen molar-refractivity contribution in [2.45, 2.75) is 13.3 Å². The Kier molecular flexibility index (Phi) is 3.76. The van der Waals surface area contributed by atoms with Crippen molar-refractivity contribution in [2.75, 3.05) is 0 Å². The summed E-state index contributed by atoms with van der Waals surface area (Å²) in [4.78, 5) is 15.2. The topological polar surface area (TPSA) is 99.5 Å². The first-order valence-electron chi connectivity index (χ1n) is 7.04. The molecular weight excluding hydrogens is 296 g/mol. The summed E-state index contributed by atoms with van der Waals surface area (Å²) in [5, 5.41) is 27.1. The van der Waals surface area contributed by atoms with E-state index in [1.165, 1.54) is 16.0 Å². The molecule has 0 spiro atoms. The number of hydrogen-bond donors (Lipinski definition) is 2. The molecule has 7 heteroatoms. The van der Waals surface area contributed by atoms with Crippen molar-refractivity contribution in [1.82, 2.24) is 9.38 Å². The van der Waals surface area contributed by atoms with Gasteiger partial charge in [0.15, 0.2) is 22.9 Å². The van der Waals surface area contributed by atoms with Crippen LogP contribution in [0.1, 0.15) is 23.0 Å². The molecule has 2 heterocycles. The van der Waals surface area contributed by atoms with Gasteiger partial charge in [0.1, 0.15) is 0 Å². The Labute approximate surface area is 131 Å². The molecule has 0 atom stereocenters. The van der Waals surface area contributed by atoms with Gasteiger partial charge in [0.05, 0.1) is 5.69 Å². The lowest BCUT2D eigenvalue weighted by atomic mass is 10.2. The molecule has 1 aromatic carbocycles. The third-order valence-corrected chi connectivity index (χ3v) is 3.41. The van der Waals surface area contributed by atoms with Crippen LogP contribution in [-0.2, 0) is 6.42 Å². The lowest BCUT2D eigenvalue weighted by Crippen LogP contribution is -1.96. The Balaban J connectivity index is 2.07. The standard InChI is InChI=1S/C16H14N4O3/c1-2-10-5-7-11(8-6-10)18-19-15-13(16(22)23)17-14-12(21)4-3-9-20(14)15/h3-9,21H,2H2,1H3,(H,22,23). The van der Waals surface area contributed by atoms with Gasteiger partial charge in [0.2, 0.25) is 0 Å². The molecule has 116 valence electrons. The average Bonchev–Trinajstić information content (AvgIpc) is 2.94. The Hall–Kier alpha value is -3.22. The number of benzene rings is 1. The molecule has 2 aromatic heterocycles. The molecule has 0 amide bonds. The largest absolute Gasteiger partial charge is 0.504 e. The molecule has 0 unspecified atom stereocenters. The predicted octanol–water partition coefficient (Wildman–Crippen LogP) is 3.72. The van der Waals surface area contributed by atoms with Gasteiger partial charge in [-0.3, -0.25) is 4.40 Å². The number of aromatic hydroxyl groups is 1. The molecular formula is C16H14N4O3. The Morgan fingerprint density at radius 1 is 1.22 bits per heavy atom. The van der Waals surface area contributed by atoms with Crippen LogP contribution in [0.2, 0.25) is 0 Å².